The highest BCUT2D eigenvalue weighted by atomic mass is 19.4. The first-order valence-electron chi connectivity index (χ1n) is 10.0. The summed E-state index contributed by atoms with van der Waals surface area (Å²) < 4.78 is 41.1. The minimum Gasteiger partial charge on any atom is -0.406 e. The maximum absolute atomic E-state index is 13.3. The fourth-order valence-corrected chi connectivity index (χ4v) is 4.33. The van der Waals surface area contributed by atoms with Crippen LogP contribution in [0.5, 0.6) is 5.75 Å². The Labute approximate surface area is 181 Å². The third kappa shape index (κ3) is 3.24. The van der Waals surface area contributed by atoms with Crippen LogP contribution < -0.4 is 9.64 Å². The van der Waals surface area contributed by atoms with Crippen LogP contribution >= 0.6 is 0 Å². The molecule has 6 nitrogen and oxygen atoms in total. The number of fused-ring (bicyclic) bond motifs is 1. The fourth-order valence-electron chi connectivity index (χ4n) is 4.33. The molecule has 1 saturated carbocycles. The van der Waals surface area contributed by atoms with Crippen LogP contribution in [0, 0.1) is 6.92 Å². The van der Waals surface area contributed by atoms with Crippen LogP contribution in [0.3, 0.4) is 0 Å². The van der Waals surface area contributed by atoms with Gasteiger partial charge in [0.05, 0.1) is 11.2 Å². The van der Waals surface area contributed by atoms with Crippen LogP contribution in [0.1, 0.15) is 24.0 Å². The molecule has 9 heteroatoms. The second-order valence-electron chi connectivity index (χ2n) is 8.02. The lowest BCUT2D eigenvalue weighted by Gasteiger charge is -2.22. The van der Waals surface area contributed by atoms with Gasteiger partial charge in [-0.25, -0.2) is 9.69 Å². The van der Waals surface area contributed by atoms with Crippen molar-refractivity contribution in [3.8, 4) is 5.75 Å². The first-order valence-corrected chi connectivity index (χ1v) is 10.0. The molecule has 2 heterocycles. The molecule has 3 amide bonds. The SMILES string of the molecule is Cc1cccc2nccc(CN3C(=O)N(c4ccc(OC(F)(F)F)cc4)C(=O)C34CC4)c12. The molecular formula is C23H18F3N3O3. The summed E-state index contributed by atoms with van der Waals surface area (Å²) in [6.07, 6.45) is -2.05. The van der Waals surface area contributed by atoms with Crippen LogP contribution in [0.15, 0.2) is 54.7 Å². The van der Waals surface area contributed by atoms with E-state index in [1.807, 2.05) is 31.2 Å². The van der Waals surface area contributed by atoms with Gasteiger partial charge >= 0.3 is 12.4 Å². The number of alkyl halides is 3. The highest BCUT2D eigenvalue weighted by molar-refractivity contribution is 6.24. The molecule has 5 rings (SSSR count). The number of carbonyl (C=O) groups is 2. The summed E-state index contributed by atoms with van der Waals surface area (Å²) in [5.41, 5.74) is 2.01. The van der Waals surface area contributed by atoms with Gasteiger partial charge in [-0.2, -0.15) is 0 Å². The molecule has 0 atom stereocenters. The first kappa shape index (κ1) is 20.3. The van der Waals surface area contributed by atoms with Gasteiger partial charge in [0, 0.05) is 18.1 Å². The summed E-state index contributed by atoms with van der Waals surface area (Å²) in [5, 5.41) is 0.943. The molecule has 164 valence electrons. The molecule has 0 unspecified atom stereocenters. The molecule has 32 heavy (non-hydrogen) atoms. The average molecular weight is 441 g/mol. The second kappa shape index (κ2) is 6.94. The maximum atomic E-state index is 13.3. The number of amides is 3. The fraction of sp³-hybridized carbons (Fsp3) is 0.261. The van der Waals surface area contributed by atoms with E-state index >= 15 is 0 Å². The Morgan fingerprint density at radius 2 is 1.78 bits per heavy atom. The summed E-state index contributed by atoms with van der Waals surface area (Å²) in [7, 11) is 0. The van der Waals surface area contributed by atoms with Crippen molar-refractivity contribution in [3.63, 3.8) is 0 Å². The van der Waals surface area contributed by atoms with Crippen LogP contribution in [0.2, 0.25) is 0 Å². The Morgan fingerprint density at radius 1 is 1.06 bits per heavy atom. The Balaban J connectivity index is 1.47. The minimum atomic E-state index is -4.82. The number of benzene rings is 2. The lowest BCUT2D eigenvalue weighted by atomic mass is 10.0. The van der Waals surface area contributed by atoms with Crippen LogP contribution in [0.4, 0.5) is 23.7 Å². The third-order valence-corrected chi connectivity index (χ3v) is 5.98. The number of urea groups is 1. The highest BCUT2D eigenvalue weighted by Crippen LogP contribution is 2.50. The van der Waals surface area contributed by atoms with Crippen LogP contribution in [0.25, 0.3) is 10.9 Å². The van der Waals surface area contributed by atoms with E-state index in [9.17, 15) is 22.8 Å². The second-order valence-corrected chi connectivity index (χ2v) is 8.02. The van der Waals surface area contributed by atoms with E-state index < -0.39 is 23.7 Å². The molecule has 2 fully saturated rings. The van der Waals surface area contributed by atoms with Crippen LogP contribution in [-0.4, -0.2) is 33.7 Å². The van der Waals surface area contributed by atoms with Gasteiger partial charge in [0.15, 0.2) is 0 Å². The number of hydrogen-bond acceptors (Lipinski definition) is 4. The van der Waals surface area contributed by atoms with Crippen molar-refractivity contribution in [1.82, 2.24) is 9.88 Å². The van der Waals surface area contributed by atoms with Gasteiger partial charge in [0.1, 0.15) is 11.3 Å². The number of nitrogens with zero attached hydrogens (tertiary/aromatic N) is 3. The van der Waals surface area contributed by atoms with Crippen molar-refractivity contribution in [3.05, 3.63) is 65.9 Å². The minimum absolute atomic E-state index is 0.207. The number of aryl methyl sites for hydroxylation is 1. The van der Waals surface area contributed by atoms with E-state index in [1.54, 1.807) is 11.1 Å². The zero-order valence-corrected chi connectivity index (χ0v) is 17.0. The molecule has 3 aromatic rings. The monoisotopic (exact) mass is 441 g/mol. The standard InChI is InChI=1S/C23H18F3N3O3/c1-14-3-2-4-18-19(14)15(9-12-27-18)13-28-21(31)29(20(30)22(28)10-11-22)16-5-7-17(8-6-16)32-23(24,25)26/h2-9,12H,10-11,13H2,1H3. The molecule has 1 saturated heterocycles. The molecule has 1 aliphatic carbocycles. The predicted octanol–water partition coefficient (Wildman–Crippen LogP) is 4.94. The van der Waals surface area contributed by atoms with Gasteiger partial charge in [-0.05, 0) is 67.3 Å². The number of anilines is 1. The molecule has 0 N–H and O–H groups in total. The number of pyridine rings is 1. The molecular weight excluding hydrogens is 423 g/mol. The summed E-state index contributed by atoms with van der Waals surface area (Å²) in [6, 6.07) is 11.9. The Hall–Kier alpha value is -3.62. The van der Waals surface area contributed by atoms with Crippen molar-refractivity contribution in [1.29, 1.82) is 0 Å². The molecule has 2 aliphatic rings. The Bertz CT molecular complexity index is 1230. The van der Waals surface area contributed by atoms with Gasteiger partial charge < -0.3 is 9.64 Å². The Morgan fingerprint density at radius 3 is 2.44 bits per heavy atom. The highest BCUT2D eigenvalue weighted by Gasteiger charge is 2.65. The van der Waals surface area contributed by atoms with E-state index in [0.717, 1.165) is 39.1 Å². The predicted molar refractivity (Wildman–Crippen MR) is 110 cm³/mol. The number of ether oxygens (including phenoxy) is 1. The van der Waals surface area contributed by atoms with Crippen LogP contribution in [-0.2, 0) is 11.3 Å². The quantitative estimate of drug-likeness (QED) is 0.538. The molecule has 1 spiro atoms. The first-order chi connectivity index (χ1) is 15.2. The number of rotatable bonds is 4. The lowest BCUT2D eigenvalue weighted by Crippen LogP contribution is -2.36. The van der Waals surface area contributed by atoms with E-state index in [4.69, 9.17) is 0 Å². The third-order valence-electron chi connectivity index (χ3n) is 5.98. The molecule has 0 bridgehead atoms. The maximum Gasteiger partial charge on any atom is 0.573 e. The summed E-state index contributed by atoms with van der Waals surface area (Å²) >= 11 is 0. The number of carbonyl (C=O) groups excluding carboxylic acids is 2. The normalized spacial score (nSPS) is 17.5. The lowest BCUT2D eigenvalue weighted by molar-refractivity contribution is -0.274. The number of halogens is 3. The summed E-state index contributed by atoms with van der Waals surface area (Å²) in [4.78, 5) is 33.5. The van der Waals surface area contributed by atoms with Crippen molar-refractivity contribution < 1.29 is 27.5 Å². The molecule has 1 aromatic heterocycles. The zero-order chi connectivity index (χ0) is 22.7. The molecule has 1 aliphatic heterocycles. The van der Waals surface area contributed by atoms with Gasteiger partial charge in [0.25, 0.3) is 5.91 Å². The molecule has 0 radical (unpaired) electrons. The van der Waals surface area contributed by atoms with Crippen molar-refractivity contribution in [2.45, 2.75) is 38.2 Å². The van der Waals surface area contributed by atoms with Gasteiger partial charge in [-0.1, -0.05) is 12.1 Å². The average Bonchev–Trinajstić information content (AvgIpc) is 3.51. The topological polar surface area (TPSA) is 62.7 Å². The van der Waals surface area contributed by atoms with Gasteiger partial charge in [0.2, 0.25) is 0 Å². The molecule has 2 aromatic carbocycles. The van der Waals surface area contributed by atoms with Crippen molar-refractivity contribution in [2.75, 3.05) is 4.90 Å². The Kier molecular flexibility index (Phi) is 4.40. The van der Waals surface area contributed by atoms with Crippen molar-refractivity contribution >= 4 is 28.5 Å². The number of imide groups is 1. The van der Waals surface area contributed by atoms with E-state index in [0.29, 0.717) is 12.8 Å². The smallest absolute Gasteiger partial charge is 0.406 e. The van der Waals surface area contributed by atoms with Crippen molar-refractivity contribution in [2.24, 2.45) is 0 Å². The largest absolute Gasteiger partial charge is 0.573 e. The van der Waals surface area contributed by atoms with Gasteiger partial charge in [-0.15, -0.1) is 13.2 Å². The van der Waals surface area contributed by atoms with Gasteiger partial charge in [-0.3, -0.25) is 9.78 Å². The van der Waals surface area contributed by atoms with E-state index in [1.165, 1.54) is 12.1 Å². The summed E-state index contributed by atoms with van der Waals surface area (Å²) in [5.74, 6) is -0.779. The summed E-state index contributed by atoms with van der Waals surface area (Å²) in [6.45, 7) is 2.20. The van der Waals surface area contributed by atoms with E-state index in [-0.39, 0.29) is 18.1 Å². The van der Waals surface area contributed by atoms with E-state index in [2.05, 4.69) is 9.72 Å². The number of hydrogen-bond donors (Lipinski definition) is 0. The zero-order valence-electron chi connectivity index (χ0n) is 17.0. The number of aromatic nitrogens is 1.